The van der Waals surface area contributed by atoms with Gasteiger partial charge in [0.25, 0.3) is 11.8 Å². The molecule has 0 saturated carbocycles. The van der Waals surface area contributed by atoms with Gasteiger partial charge >= 0.3 is 6.18 Å². The molecule has 256 valence electrons. The molecular weight excluding hydrogens is 662 g/mol. The first-order valence-electron chi connectivity index (χ1n) is 15.5. The second kappa shape index (κ2) is 14.3. The second-order valence-corrected chi connectivity index (χ2v) is 12.3. The Morgan fingerprint density at radius 2 is 1.86 bits per heavy atom. The third-order valence-corrected chi connectivity index (χ3v) is 8.67. The summed E-state index contributed by atoms with van der Waals surface area (Å²) in [6, 6.07) is 4.32. The van der Waals surface area contributed by atoms with Crippen molar-refractivity contribution in [3.63, 3.8) is 0 Å². The number of pyridine rings is 2. The maximum absolute atomic E-state index is 13.4. The van der Waals surface area contributed by atoms with Gasteiger partial charge in [-0.05, 0) is 63.5 Å². The summed E-state index contributed by atoms with van der Waals surface area (Å²) in [4.78, 5) is 35.6. The molecule has 1 saturated heterocycles. The van der Waals surface area contributed by atoms with E-state index in [0.717, 1.165) is 32.9 Å². The number of alkyl halides is 3. The summed E-state index contributed by atoms with van der Waals surface area (Å²) in [6.45, 7) is 8.20. The second-order valence-electron chi connectivity index (χ2n) is 11.9. The molecule has 5 rings (SSSR count). The van der Waals surface area contributed by atoms with Gasteiger partial charge in [-0.3, -0.25) is 14.5 Å². The van der Waals surface area contributed by atoms with E-state index >= 15 is 0 Å². The van der Waals surface area contributed by atoms with Crippen LogP contribution in [0.1, 0.15) is 47.8 Å². The van der Waals surface area contributed by atoms with Crippen LogP contribution in [0.25, 0.3) is 33.3 Å². The number of likely N-dealkylation sites (tertiary alicyclic amines) is 1. The molecule has 4 aromatic rings. The molecule has 0 unspecified atom stereocenters. The summed E-state index contributed by atoms with van der Waals surface area (Å²) in [7, 11) is 1.83. The first kappa shape index (κ1) is 35.4. The molecule has 4 N–H and O–H groups in total. The number of nitrogens with one attached hydrogen (secondary N) is 2. The first-order valence-corrected chi connectivity index (χ1v) is 15.8. The maximum atomic E-state index is 13.4. The molecule has 1 fully saturated rings. The lowest BCUT2D eigenvalue weighted by atomic mass is 9.96. The van der Waals surface area contributed by atoms with Gasteiger partial charge in [-0.1, -0.05) is 42.5 Å². The number of anilines is 2. The fourth-order valence-electron chi connectivity index (χ4n) is 5.86. The minimum absolute atomic E-state index is 0.174. The molecule has 0 spiro atoms. The molecule has 1 aliphatic heterocycles. The summed E-state index contributed by atoms with van der Waals surface area (Å²) < 4.78 is 54.7. The van der Waals surface area contributed by atoms with E-state index in [0.29, 0.717) is 56.6 Å². The Bertz CT molecular complexity index is 2020. The lowest BCUT2D eigenvalue weighted by Crippen LogP contribution is -2.43. The number of carbonyl (C=O) groups is 2. The number of carbonyl (C=O) groups excluding carboxylic acids is 2. The predicted molar refractivity (Wildman–Crippen MR) is 183 cm³/mol. The first-order chi connectivity index (χ1) is 23.2. The van der Waals surface area contributed by atoms with Gasteiger partial charge in [0.2, 0.25) is 0 Å². The molecule has 3 aromatic heterocycles. The average Bonchev–Trinajstić information content (AvgIpc) is 3.35. The van der Waals surface area contributed by atoms with E-state index in [1.165, 1.54) is 18.7 Å². The van der Waals surface area contributed by atoms with Crippen LogP contribution in [-0.4, -0.2) is 63.1 Å². The van der Waals surface area contributed by atoms with Gasteiger partial charge in [-0.2, -0.15) is 13.2 Å². The molecule has 0 bridgehead atoms. The third kappa shape index (κ3) is 7.55. The van der Waals surface area contributed by atoms with E-state index in [1.54, 1.807) is 31.3 Å². The smallest absolute Gasteiger partial charge is 0.383 e. The van der Waals surface area contributed by atoms with Crippen LogP contribution >= 0.6 is 11.6 Å². The number of halogens is 5. The number of hydrogen-bond donors (Lipinski definition) is 3. The molecule has 1 atom stereocenters. The van der Waals surface area contributed by atoms with Crippen LogP contribution in [0.2, 0.25) is 5.02 Å². The van der Waals surface area contributed by atoms with Crippen molar-refractivity contribution in [2.75, 3.05) is 30.7 Å². The van der Waals surface area contributed by atoms with Crippen molar-refractivity contribution in [3.8, 4) is 34.2 Å². The number of aryl methyl sites for hydroxylation is 2. The van der Waals surface area contributed by atoms with Crippen LogP contribution in [0.5, 0.6) is 0 Å². The van der Waals surface area contributed by atoms with Crippen LogP contribution in [0.3, 0.4) is 0 Å². The minimum Gasteiger partial charge on any atom is -0.383 e. The van der Waals surface area contributed by atoms with Crippen molar-refractivity contribution in [2.45, 2.75) is 45.3 Å². The SMILES string of the molecule is C=C(F)C(=O)Nc1ccc(-c2c(-c3cnc(C(=O)N[C@H](C)C(F)(F)F)c(Cl)c3)c3c(N)ncc(C#CCN4CCCCC4)c3n2C)c(C)c1. The van der Waals surface area contributed by atoms with E-state index in [9.17, 15) is 27.2 Å². The van der Waals surface area contributed by atoms with Crippen molar-refractivity contribution >= 4 is 45.8 Å². The zero-order chi connectivity index (χ0) is 35.6. The summed E-state index contributed by atoms with van der Waals surface area (Å²) >= 11 is 6.50. The summed E-state index contributed by atoms with van der Waals surface area (Å²) in [5.41, 5.74) is 10.7. The number of nitrogen functional groups attached to an aromatic ring is 1. The average molecular weight is 696 g/mol. The number of hydrogen-bond acceptors (Lipinski definition) is 6. The summed E-state index contributed by atoms with van der Waals surface area (Å²) in [6.07, 6.45) is 1.74. The topological polar surface area (TPSA) is 118 Å². The van der Waals surface area contributed by atoms with E-state index in [-0.39, 0.29) is 16.5 Å². The van der Waals surface area contributed by atoms with Crippen LogP contribution in [0, 0.1) is 18.8 Å². The Balaban J connectivity index is 1.68. The number of benzene rings is 1. The number of aromatic nitrogens is 3. The van der Waals surface area contributed by atoms with Crippen molar-refractivity contribution in [1.29, 1.82) is 0 Å². The van der Waals surface area contributed by atoms with Crippen molar-refractivity contribution < 1.29 is 27.2 Å². The Morgan fingerprint density at radius 1 is 1.14 bits per heavy atom. The predicted octanol–water partition coefficient (Wildman–Crippen LogP) is 6.79. The van der Waals surface area contributed by atoms with Gasteiger partial charge in [0.05, 0.1) is 33.7 Å². The Labute approximate surface area is 285 Å². The largest absolute Gasteiger partial charge is 0.408 e. The molecule has 0 aliphatic carbocycles. The highest BCUT2D eigenvalue weighted by molar-refractivity contribution is 6.34. The van der Waals surface area contributed by atoms with Gasteiger partial charge in [-0.15, -0.1) is 0 Å². The van der Waals surface area contributed by atoms with Gasteiger partial charge in [-0.25, -0.2) is 14.4 Å². The monoisotopic (exact) mass is 695 g/mol. The highest BCUT2D eigenvalue weighted by Crippen LogP contribution is 2.45. The van der Waals surface area contributed by atoms with E-state index in [1.807, 2.05) is 16.9 Å². The van der Waals surface area contributed by atoms with E-state index in [4.69, 9.17) is 17.3 Å². The normalized spacial score (nSPS) is 14.2. The Hall–Kier alpha value is -4.93. The fraction of sp³-hybridized carbons (Fsp3) is 0.314. The number of amides is 2. The van der Waals surface area contributed by atoms with Crippen LogP contribution < -0.4 is 16.4 Å². The zero-order valence-corrected chi connectivity index (χ0v) is 27.8. The lowest BCUT2D eigenvalue weighted by molar-refractivity contribution is -0.149. The van der Waals surface area contributed by atoms with Crippen molar-refractivity contribution in [2.24, 2.45) is 7.05 Å². The molecule has 4 heterocycles. The number of nitrogens with two attached hydrogens (primary N) is 1. The van der Waals surface area contributed by atoms with Gasteiger partial charge in [0.1, 0.15) is 17.6 Å². The third-order valence-electron chi connectivity index (χ3n) is 8.38. The van der Waals surface area contributed by atoms with Crippen molar-refractivity contribution in [1.82, 2.24) is 24.8 Å². The zero-order valence-electron chi connectivity index (χ0n) is 27.1. The minimum atomic E-state index is -4.66. The van der Waals surface area contributed by atoms with Crippen LogP contribution in [0.15, 0.2) is 49.1 Å². The number of fused-ring (bicyclic) bond motifs is 1. The lowest BCUT2D eigenvalue weighted by Gasteiger charge is -2.23. The van der Waals surface area contributed by atoms with Gasteiger partial charge < -0.3 is 20.9 Å². The molecule has 1 aromatic carbocycles. The molecule has 49 heavy (non-hydrogen) atoms. The molecule has 2 amide bonds. The summed E-state index contributed by atoms with van der Waals surface area (Å²) in [5.74, 6) is 3.50. The standard InChI is InChI=1S/C35H34ClF4N7O2/c1-19-15-24(45-33(48)20(2)37)10-11-25(19)31-27(23-16-26(36)29(42-18-23)34(49)44-21(3)35(38,39)40)28-30(46(31)4)22(17-43-32(28)41)9-8-14-47-12-6-5-7-13-47/h10-11,15-18,21H,2,5-7,12-14H2,1,3-4H3,(H2,41,43)(H,44,49)(H,45,48)/t21-/m1/s1. The van der Waals surface area contributed by atoms with Crippen molar-refractivity contribution in [3.05, 3.63) is 70.9 Å². The molecule has 14 heteroatoms. The Morgan fingerprint density at radius 3 is 2.49 bits per heavy atom. The number of piperidine rings is 1. The molecular formula is C35H34ClF4N7O2. The van der Waals surface area contributed by atoms with Crippen LogP contribution in [-0.2, 0) is 11.8 Å². The van der Waals surface area contributed by atoms with Gasteiger partial charge in [0.15, 0.2) is 5.83 Å². The molecule has 1 aliphatic rings. The van der Waals surface area contributed by atoms with E-state index in [2.05, 4.69) is 38.6 Å². The highest BCUT2D eigenvalue weighted by Gasteiger charge is 2.37. The number of nitrogens with zero attached hydrogens (tertiary/aromatic N) is 4. The number of rotatable bonds is 7. The molecule has 0 radical (unpaired) electrons. The quantitative estimate of drug-likeness (QED) is 0.111. The van der Waals surface area contributed by atoms with Gasteiger partial charge in [0, 0.05) is 41.8 Å². The van der Waals surface area contributed by atoms with E-state index < -0.39 is 29.9 Å². The highest BCUT2D eigenvalue weighted by atomic mass is 35.5. The fourth-order valence-corrected chi connectivity index (χ4v) is 6.11. The van der Waals surface area contributed by atoms with Crippen LogP contribution in [0.4, 0.5) is 29.1 Å². The Kier molecular flexibility index (Phi) is 10.3. The molecule has 9 nitrogen and oxygen atoms in total. The summed E-state index contributed by atoms with van der Waals surface area (Å²) in [5, 5.41) is 4.67. The maximum Gasteiger partial charge on any atom is 0.408 e.